The highest BCUT2D eigenvalue weighted by atomic mass is 16.5. The Bertz CT molecular complexity index is 1620. The van der Waals surface area contributed by atoms with E-state index in [1.54, 1.807) is 12.3 Å². The van der Waals surface area contributed by atoms with Crippen molar-refractivity contribution in [2.75, 3.05) is 5.32 Å². The number of benzene rings is 2. The number of aromatic nitrogens is 2. The number of carbonyl (C=O) groups excluding carboxylic acids is 1. The van der Waals surface area contributed by atoms with Crippen molar-refractivity contribution >= 4 is 23.3 Å². The molecule has 0 radical (unpaired) electrons. The monoisotopic (exact) mass is 478 g/mol. The fraction of sp³-hybridized carbons (Fsp3) is 0.172. The van der Waals surface area contributed by atoms with Crippen LogP contribution in [0, 0.1) is 45.9 Å². The predicted octanol–water partition coefficient (Wildman–Crippen LogP) is 5.57. The number of pyridine rings is 1. The van der Waals surface area contributed by atoms with Crippen LogP contribution in [0.25, 0.3) is 11.7 Å². The number of hydrogen-bond donors (Lipinski definition) is 1. The van der Waals surface area contributed by atoms with Gasteiger partial charge in [-0.25, -0.2) is 0 Å². The lowest BCUT2D eigenvalue weighted by atomic mass is 10.1. The van der Waals surface area contributed by atoms with Gasteiger partial charge in [0.05, 0.1) is 0 Å². The summed E-state index contributed by atoms with van der Waals surface area (Å²) in [6.07, 6.45) is 2.83. The molecular weight excluding hydrogens is 452 g/mol. The van der Waals surface area contributed by atoms with Gasteiger partial charge < -0.3 is 10.1 Å². The molecule has 1 amide bonds. The normalized spacial score (nSPS) is 11.3. The van der Waals surface area contributed by atoms with Crippen LogP contribution in [0.2, 0.25) is 0 Å². The van der Waals surface area contributed by atoms with E-state index in [9.17, 15) is 14.9 Å². The van der Waals surface area contributed by atoms with Gasteiger partial charge in [0.2, 0.25) is 5.88 Å². The fourth-order valence-corrected chi connectivity index (χ4v) is 3.95. The fourth-order valence-electron chi connectivity index (χ4n) is 3.95. The van der Waals surface area contributed by atoms with Crippen molar-refractivity contribution in [2.24, 2.45) is 0 Å². The molecule has 0 aliphatic rings. The van der Waals surface area contributed by atoms with Crippen LogP contribution in [0.15, 0.2) is 65.1 Å². The van der Waals surface area contributed by atoms with Crippen LogP contribution < -0.4 is 15.6 Å². The van der Waals surface area contributed by atoms with Gasteiger partial charge in [0.25, 0.3) is 11.5 Å². The van der Waals surface area contributed by atoms with Gasteiger partial charge >= 0.3 is 0 Å². The molecule has 1 N–H and O–H groups in total. The second-order valence-electron chi connectivity index (χ2n) is 8.89. The zero-order chi connectivity index (χ0) is 26.0. The van der Waals surface area contributed by atoms with Gasteiger partial charge in [-0.05, 0) is 92.8 Å². The number of anilines is 1. The molecule has 180 valence electrons. The number of carbonyl (C=O) groups is 1. The third-order valence-corrected chi connectivity index (χ3v) is 5.75. The molecule has 2 heterocycles. The number of rotatable bonds is 5. The highest BCUT2D eigenvalue weighted by molar-refractivity contribution is 6.10. The van der Waals surface area contributed by atoms with Crippen molar-refractivity contribution in [1.82, 2.24) is 9.38 Å². The van der Waals surface area contributed by atoms with Gasteiger partial charge in [0.15, 0.2) is 0 Å². The number of hydrogen-bond acceptors (Lipinski definition) is 5. The van der Waals surface area contributed by atoms with E-state index in [1.807, 2.05) is 83.2 Å². The summed E-state index contributed by atoms with van der Waals surface area (Å²) in [5.41, 5.74) is 4.91. The van der Waals surface area contributed by atoms with Gasteiger partial charge in [-0.3, -0.25) is 14.0 Å². The second-order valence-corrected chi connectivity index (χ2v) is 8.89. The molecule has 0 saturated carbocycles. The SMILES string of the molecule is Cc1cc(C)cc(Oc2nc3c(C)cccn3c(=O)c2/C=C(/C#N)C(=O)Nc2cc(C)ccc2C)c1. The van der Waals surface area contributed by atoms with Crippen LogP contribution >= 0.6 is 0 Å². The number of nitrogens with one attached hydrogen (secondary N) is 1. The summed E-state index contributed by atoms with van der Waals surface area (Å²) in [7, 11) is 0. The Morgan fingerprint density at radius 2 is 1.72 bits per heavy atom. The quantitative estimate of drug-likeness (QED) is 0.299. The molecular formula is C29H26N4O3. The number of nitriles is 1. The third kappa shape index (κ3) is 5.03. The molecule has 0 saturated heterocycles. The van der Waals surface area contributed by atoms with Crippen LogP contribution in [0.1, 0.15) is 33.4 Å². The lowest BCUT2D eigenvalue weighted by molar-refractivity contribution is -0.112. The van der Waals surface area contributed by atoms with Gasteiger partial charge in [-0.2, -0.15) is 10.2 Å². The first kappa shape index (κ1) is 24.4. The molecule has 0 spiro atoms. The predicted molar refractivity (Wildman–Crippen MR) is 140 cm³/mol. The van der Waals surface area contributed by atoms with Crippen molar-refractivity contribution in [1.29, 1.82) is 5.26 Å². The van der Waals surface area contributed by atoms with Crippen molar-refractivity contribution in [3.8, 4) is 17.7 Å². The Morgan fingerprint density at radius 1 is 1.00 bits per heavy atom. The summed E-state index contributed by atoms with van der Waals surface area (Å²) in [4.78, 5) is 31.1. The first-order valence-corrected chi connectivity index (χ1v) is 11.4. The summed E-state index contributed by atoms with van der Waals surface area (Å²) in [6.45, 7) is 9.51. The van der Waals surface area contributed by atoms with E-state index in [4.69, 9.17) is 4.74 Å². The van der Waals surface area contributed by atoms with Crippen LogP contribution in [0.3, 0.4) is 0 Å². The van der Waals surface area contributed by atoms with Gasteiger partial charge in [-0.15, -0.1) is 0 Å². The minimum Gasteiger partial charge on any atom is -0.438 e. The van der Waals surface area contributed by atoms with Crippen LogP contribution in [-0.4, -0.2) is 15.3 Å². The molecule has 0 aliphatic heterocycles. The van der Waals surface area contributed by atoms with E-state index < -0.39 is 11.5 Å². The molecule has 2 aromatic carbocycles. The molecule has 4 aromatic rings. The molecule has 0 unspecified atom stereocenters. The van der Waals surface area contributed by atoms with Crippen LogP contribution in [0.5, 0.6) is 11.6 Å². The summed E-state index contributed by atoms with van der Waals surface area (Å²) in [5, 5.41) is 12.6. The summed E-state index contributed by atoms with van der Waals surface area (Å²) in [6, 6.07) is 16.8. The highest BCUT2D eigenvalue weighted by Gasteiger charge is 2.19. The van der Waals surface area contributed by atoms with Crippen LogP contribution in [-0.2, 0) is 4.79 Å². The number of amides is 1. The lowest BCUT2D eigenvalue weighted by Gasteiger charge is -2.13. The molecule has 7 nitrogen and oxygen atoms in total. The average molecular weight is 479 g/mol. The first-order valence-electron chi connectivity index (χ1n) is 11.4. The molecule has 7 heteroatoms. The average Bonchev–Trinajstić information content (AvgIpc) is 2.81. The lowest BCUT2D eigenvalue weighted by Crippen LogP contribution is -2.21. The molecule has 4 rings (SSSR count). The summed E-state index contributed by atoms with van der Waals surface area (Å²) < 4.78 is 7.47. The zero-order valence-corrected chi connectivity index (χ0v) is 20.8. The van der Waals surface area contributed by atoms with Gasteiger partial charge in [0, 0.05) is 11.9 Å². The largest absolute Gasteiger partial charge is 0.438 e. The standard InChI is InChI=1S/C29H26N4O3/c1-17-8-9-20(4)25(14-17)31-27(34)22(16-30)15-24-28(36-23-12-18(2)11-19(3)13-23)32-26-21(5)7-6-10-33(26)29(24)35/h6-15H,1-5H3,(H,31,34)/b22-15-. The molecule has 0 fully saturated rings. The van der Waals surface area contributed by atoms with E-state index in [0.29, 0.717) is 17.1 Å². The highest BCUT2D eigenvalue weighted by Crippen LogP contribution is 2.27. The van der Waals surface area contributed by atoms with E-state index in [-0.39, 0.29) is 17.0 Å². The first-order chi connectivity index (χ1) is 17.2. The van der Waals surface area contributed by atoms with Crippen molar-refractivity contribution in [3.63, 3.8) is 0 Å². The third-order valence-electron chi connectivity index (χ3n) is 5.75. The zero-order valence-electron chi connectivity index (χ0n) is 20.8. The summed E-state index contributed by atoms with van der Waals surface area (Å²) in [5.74, 6) is -0.103. The Morgan fingerprint density at radius 3 is 2.42 bits per heavy atom. The molecule has 2 aromatic heterocycles. The number of aryl methyl sites for hydroxylation is 5. The van der Waals surface area contributed by atoms with Crippen LogP contribution in [0.4, 0.5) is 5.69 Å². The minimum absolute atomic E-state index is 0.00456. The second kappa shape index (κ2) is 9.88. The number of nitrogens with zero attached hydrogens (tertiary/aromatic N) is 3. The van der Waals surface area contributed by atoms with Gasteiger partial charge in [-0.1, -0.05) is 24.3 Å². The maximum atomic E-state index is 13.5. The number of fused-ring (bicyclic) bond motifs is 1. The maximum absolute atomic E-state index is 13.5. The molecule has 0 bridgehead atoms. The van der Waals surface area contributed by atoms with Crippen molar-refractivity contribution in [2.45, 2.75) is 34.6 Å². The van der Waals surface area contributed by atoms with Crippen molar-refractivity contribution in [3.05, 3.63) is 104 Å². The van der Waals surface area contributed by atoms with Gasteiger partial charge in [0.1, 0.15) is 28.6 Å². The Hall–Kier alpha value is -4.70. The van der Waals surface area contributed by atoms with E-state index in [1.165, 1.54) is 10.5 Å². The minimum atomic E-state index is -0.628. The summed E-state index contributed by atoms with van der Waals surface area (Å²) >= 11 is 0. The number of ether oxygens (including phenoxy) is 1. The van der Waals surface area contributed by atoms with E-state index >= 15 is 0 Å². The molecule has 36 heavy (non-hydrogen) atoms. The Balaban J connectivity index is 1.86. The van der Waals surface area contributed by atoms with E-state index in [0.717, 1.165) is 27.8 Å². The molecule has 0 atom stereocenters. The topological polar surface area (TPSA) is 96.5 Å². The van der Waals surface area contributed by atoms with E-state index in [2.05, 4.69) is 10.3 Å². The van der Waals surface area contributed by atoms with Crippen molar-refractivity contribution < 1.29 is 9.53 Å². The Labute approximate surface area is 209 Å². The molecule has 0 aliphatic carbocycles. The Kier molecular flexibility index (Phi) is 6.71. The maximum Gasteiger partial charge on any atom is 0.269 e. The smallest absolute Gasteiger partial charge is 0.269 e.